The summed E-state index contributed by atoms with van der Waals surface area (Å²) in [5, 5.41) is 5.77. The first kappa shape index (κ1) is 22.8. The van der Waals surface area contributed by atoms with Gasteiger partial charge in [0.05, 0.1) is 6.42 Å². The second-order valence-corrected chi connectivity index (χ2v) is 5.94. The molecule has 0 heterocycles. The van der Waals surface area contributed by atoms with Gasteiger partial charge in [0.2, 0.25) is 0 Å². The summed E-state index contributed by atoms with van der Waals surface area (Å²) >= 11 is 0. The molecule has 0 aliphatic heterocycles. The highest BCUT2D eigenvalue weighted by Crippen LogP contribution is 2.41. The van der Waals surface area contributed by atoms with Crippen LogP contribution in [0.1, 0.15) is 45.4 Å². The molecule has 0 radical (unpaired) electrons. The predicted molar refractivity (Wildman–Crippen MR) is 97.5 cm³/mol. The van der Waals surface area contributed by atoms with Crippen molar-refractivity contribution in [2.75, 3.05) is 33.4 Å². The third-order valence-electron chi connectivity index (χ3n) is 4.12. The van der Waals surface area contributed by atoms with Crippen LogP contribution in [-0.4, -0.2) is 45.5 Å². The third-order valence-corrected chi connectivity index (χ3v) is 4.12. The average Bonchev–Trinajstić information content (AvgIpc) is 2.91. The molecule has 1 fully saturated rings. The lowest BCUT2D eigenvalue weighted by atomic mass is 9.83. The average molecular weight is 451 g/mol. The van der Waals surface area contributed by atoms with Gasteiger partial charge in [0.1, 0.15) is 0 Å². The van der Waals surface area contributed by atoms with E-state index in [1.807, 2.05) is 6.92 Å². The van der Waals surface area contributed by atoms with Gasteiger partial charge in [-0.05, 0) is 31.6 Å². The van der Waals surface area contributed by atoms with E-state index in [-0.39, 0.29) is 35.9 Å². The van der Waals surface area contributed by atoms with Crippen LogP contribution in [-0.2, 0) is 4.74 Å². The van der Waals surface area contributed by atoms with E-state index in [2.05, 4.69) is 15.6 Å². The van der Waals surface area contributed by atoms with Gasteiger partial charge in [0, 0.05) is 33.4 Å². The maximum Gasteiger partial charge on any atom is 0.390 e. The van der Waals surface area contributed by atoms with Gasteiger partial charge in [0.15, 0.2) is 5.96 Å². The quantitative estimate of drug-likeness (QED) is 0.336. The number of ether oxygens (including phenoxy) is 1. The number of aliphatic imine (C=N–C) groups is 1. The van der Waals surface area contributed by atoms with Crippen LogP contribution in [0, 0.1) is 5.41 Å². The molecule has 138 valence electrons. The monoisotopic (exact) mass is 451 g/mol. The molecule has 2 N–H and O–H groups in total. The highest BCUT2D eigenvalue weighted by atomic mass is 127. The Bertz CT molecular complexity index is 345. The Labute approximate surface area is 154 Å². The minimum absolute atomic E-state index is 0. The SMILES string of the molecule is CCNC(=NCC1(CCOC)CCCC1)NCCC(F)(F)F.I. The highest BCUT2D eigenvalue weighted by molar-refractivity contribution is 14.0. The van der Waals surface area contributed by atoms with Crippen LogP contribution in [0.2, 0.25) is 0 Å². The Hall–Kier alpha value is -0.250. The second kappa shape index (κ2) is 11.3. The zero-order chi connectivity index (χ0) is 16.5. The molecular formula is C15H29F3IN3O. The van der Waals surface area contributed by atoms with Crippen LogP contribution in [0.25, 0.3) is 0 Å². The molecule has 0 saturated heterocycles. The molecule has 1 aliphatic carbocycles. The van der Waals surface area contributed by atoms with Gasteiger partial charge in [0.25, 0.3) is 0 Å². The molecule has 0 unspecified atom stereocenters. The van der Waals surface area contributed by atoms with Gasteiger partial charge in [-0.3, -0.25) is 4.99 Å². The number of alkyl halides is 3. The number of methoxy groups -OCH3 is 1. The lowest BCUT2D eigenvalue weighted by Crippen LogP contribution is -2.40. The van der Waals surface area contributed by atoms with E-state index < -0.39 is 12.6 Å². The number of nitrogens with one attached hydrogen (secondary N) is 2. The van der Waals surface area contributed by atoms with Gasteiger partial charge in [-0.15, -0.1) is 24.0 Å². The lowest BCUT2D eigenvalue weighted by Gasteiger charge is -2.27. The number of hydrogen-bond acceptors (Lipinski definition) is 2. The van der Waals surface area contributed by atoms with Gasteiger partial charge in [-0.2, -0.15) is 13.2 Å². The van der Waals surface area contributed by atoms with Crippen molar-refractivity contribution in [2.45, 2.75) is 51.6 Å². The molecule has 0 aromatic carbocycles. The molecule has 0 aromatic rings. The molecule has 0 bridgehead atoms. The Kier molecular flexibility index (Phi) is 11.2. The Morgan fingerprint density at radius 3 is 2.39 bits per heavy atom. The summed E-state index contributed by atoms with van der Waals surface area (Å²) in [6.45, 7) is 3.71. The Morgan fingerprint density at radius 1 is 1.22 bits per heavy atom. The summed E-state index contributed by atoms with van der Waals surface area (Å²) < 4.78 is 41.8. The molecule has 1 rings (SSSR count). The summed E-state index contributed by atoms with van der Waals surface area (Å²) in [5.41, 5.74) is 0.141. The topological polar surface area (TPSA) is 45.7 Å². The first-order valence-corrected chi connectivity index (χ1v) is 7.99. The fourth-order valence-corrected chi connectivity index (χ4v) is 2.84. The minimum atomic E-state index is -4.14. The number of halogens is 4. The van der Waals surface area contributed by atoms with Crippen LogP contribution in [0.5, 0.6) is 0 Å². The van der Waals surface area contributed by atoms with Crippen molar-refractivity contribution in [1.82, 2.24) is 10.6 Å². The number of guanidine groups is 1. The van der Waals surface area contributed by atoms with Crippen LogP contribution in [0.4, 0.5) is 13.2 Å². The molecule has 0 atom stereocenters. The van der Waals surface area contributed by atoms with Crippen LogP contribution < -0.4 is 10.6 Å². The van der Waals surface area contributed by atoms with E-state index in [9.17, 15) is 13.2 Å². The maximum absolute atomic E-state index is 12.2. The molecular weight excluding hydrogens is 422 g/mol. The molecule has 1 aliphatic rings. The third kappa shape index (κ3) is 9.59. The van der Waals surface area contributed by atoms with Crippen LogP contribution in [0.3, 0.4) is 0 Å². The normalized spacial score (nSPS) is 17.7. The van der Waals surface area contributed by atoms with Gasteiger partial charge in [-0.1, -0.05) is 12.8 Å². The van der Waals surface area contributed by atoms with E-state index >= 15 is 0 Å². The standard InChI is InChI=1S/C15H28F3N3O.HI/c1-3-19-13(20-10-8-15(16,17)18)21-12-14(9-11-22-2)6-4-5-7-14;/h3-12H2,1-2H3,(H2,19,20,21);1H. The Balaban J connectivity index is 0.00000484. The first-order chi connectivity index (χ1) is 10.4. The summed E-state index contributed by atoms with van der Waals surface area (Å²) in [6, 6.07) is 0. The molecule has 23 heavy (non-hydrogen) atoms. The smallest absolute Gasteiger partial charge is 0.385 e. The zero-order valence-electron chi connectivity index (χ0n) is 14.0. The van der Waals surface area contributed by atoms with Crippen molar-refractivity contribution in [2.24, 2.45) is 10.4 Å². The highest BCUT2D eigenvalue weighted by Gasteiger charge is 2.33. The summed E-state index contributed by atoms with van der Waals surface area (Å²) in [4.78, 5) is 4.51. The maximum atomic E-state index is 12.2. The largest absolute Gasteiger partial charge is 0.390 e. The van der Waals surface area contributed by atoms with Crippen molar-refractivity contribution in [3.8, 4) is 0 Å². The fourth-order valence-electron chi connectivity index (χ4n) is 2.84. The number of rotatable bonds is 8. The molecule has 1 saturated carbocycles. The Morgan fingerprint density at radius 2 is 1.87 bits per heavy atom. The van der Waals surface area contributed by atoms with Gasteiger partial charge >= 0.3 is 6.18 Å². The summed E-state index contributed by atoms with van der Waals surface area (Å²) in [5.74, 6) is 0.468. The van der Waals surface area contributed by atoms with Crippen molar-refractivity contribution < 1.29 is 17.9 Å². The van der Waals surface area contributed by atoms with E-state index in [1.165, 1.54) is 12.8 Å². The summed E-state index contributed by atoms with van der Waals surface area (Å²) in [6.07, 6.45) is 0.564. The number of hydrogen-bond donors (Lipinski definition) is 2. The molecule has 0 aromatic heterocycles. The molecule has 0 spiro atoms. The van der Waals surface area contributed by atoms with Crippen molar-refractivity contribution in [1.29, 1.82) is 0 Å². The van der Waals surface area contributed by atoms with E-state index in [4.69, 9.17) is 4.74 Å². The lowest BCUT2D eigenvalue weighted by molar-refractivity contribution is -0.132. The molecule has 4 nitrogen and oxygen atoms in total. The van der Waals surface area contributed by atoms with Crippen molar-refractivity contribution >= 4 is 29.9 Å². The van der Waals surface area contributed by atoms with Crippen molar-refractivity contribution in [3.05, 3.63) is 0 Å². The predicted octanol–water partition coefficient (Wildman–Crippen LogP) is 3.71. The first-order valence-electron chi connectivity index (χ1n) is 7.99. The summed E-state index contributed by atoms with van der Waals surface area (Å²) in [7, 11) is 1.69. The second-order valence-electron chi connectivity index (χ2n) is 5.94. The van der Waals surface area contributed by atoms with E-state index in [0.29, 0.717) is 25.7 Å². The van der Waals surface area contributed by atoms with Crippen LogP contribution in [0.15, 0.2) is 4.99 Å². The van der Waals surface area contributed by atoms with E-state index in [0.717, 1.165) is 19.3 Å². The number of nitrogens with zero attached hydrogens (tertiary/aromatic N) is 1. The van der Waals surface area contributed by atoms with Gasteiger partial charge in [-0.25, -0.2) is 0 Å². The minimum Gasteiger partial charge on any atom is -0.385 e. The van der Waals surface area contributed by atoms with Crippen molar-refractivity contribution in [3.63, 3.8) is 0 Å². The molecule has 0 amide bonds. The van der Waals surface area contributed by atoms with Crippen LogP contribution >= 0.6 is 24.0 Å². The molecule has 8 heteroatoms. The fraction of sp³-hybridized carbons (Fsp3) is 0.933. The van der Waals surface area contributed by atoms with E-state index in [1.54, 1.807) is 7.11 Å². The van der Waals surface area contributed by atoms with Gasteiger partial charge < -0.3 is 15.4 Å². The zero-order valence-corrected chi connectivity index (χ0v) is 16.3.